The lowest BCUT2D eigenvalue weighted by atomic mass is 10.2. The zero-order chi connectivity index (χ0) is 21.3. The molecule has 0 fully saturated rings. The molecule has 0 atom stereocenters. The maximum atomic E-state index is 14.3. The summed E-state index contributed by atoms with van der Waals surface area (Å²) in [5, 5.41) is 3.66. The van der Waals surface area contributed by atoms with Gasteiger partial charge in [-0.2, -0.15) is 0 Å². The Labute approximate surface area is 177 Å². The SMILES string of the molecule is COc1cc(Cl)c(N2CNc3cccnc32)cc1OCc1c(OC)ccc(F)c1F. The lowest BCUT2D eigenvalue weighted by molar-refractivity contribution is 0.270. The van der Waals surface area contributed by atoms with Crippen LogP contribution in [-0.2, 0) is 6.61 Å². The average molecular weight is 434 g/mol. The van der Waals surface area contributed by atoms with E-state index in [4.69, 9.17) is 25.8 Å². The number of methoxy groups -OCH3 is 2. The standard InChI is InChI=1S/C21H18ClF2N3O3/c1-28-17-6-5-14(23)20(24)12(17)10-30-19-9-16(13(22)8-18(19)29-2)27-11-26-15-4-3-7-25-21(15)27/h3-9,26H,10-11H2,1-2H3. The quantitative estimate of drug-likeness (QED) is 0.581. The second kappa shape index (κ2) is 8.23. The van der Waals surface area contributed by atoms with Crippen molar-refractivity contribution in [3.8, 4) is 17.2 Å². The van der Waals surface area contributed by atoms with Crippen molar-refractivity contribution in [3.05, 3.63) is 64.8 Å². The molecule has 1 aliphatic heterocycles. The van der Waals surface area contributed by atoms with Crippen molar-refractivity contribution >= 4 is 28.8 Å². The lowest BCUT2D eigenvalue weighted by Gasteiger charge is -2.21. The van der Waals surface area contributed by atoms with Crippen LogP contribution >= 0.6 is 11.6 Å². The number of hydrogen-bond donors (Lipinski definition) is 1. The van der Waals surface area contributed by atoms with Crippen LogP contribution < -0.4 is 24.4 Å². The number of benzene rings is 2. The fraction of sp³-hybridized carbons (Fsp3) is 0.190. The smallest absolute Gasteiger partial charge is 0.169 e. The highest BCUT2D eigenvalue weighted by atomic mass is 35.5. The van der Waals surface area contributed by atoms with E-state index in [-0.39, 0.29) is 17.9 Å². The second-order valence-corrected chi connectivity index (χ2v) is 6.83. The number of ether oxygens (including phenoxy) is 3. The van der Waals surface area contributed by atoms with Gasteiger partial charge in [-0.3, -0.25) is 0 Å². The summed E-state index contributed by atoms with van der Waals surface area (Å²) >= 11 is 6.48. The van der Waals surface area contributed by atoms with E-state index in [1.165, 1.54) is 20.3 Å². The third-order valence-electron chi connectivity index (χ3n) is 4.74. The lowest BCUT2D eigenvalue weighted by Crippen LogP contribution is -2.17. The Hall–Kier alpha value is -3.26. The number of anilines is 3. The van der Waals surface area contributed by atoms with Gasteiger partial charge in [-0.1, -0.05) is 11.6 Å². The zero-order valence-corrected chi connectivity index (χ0v) is 17.0. The monoisotopic (exact) mass is 433 g/mol. The van der Waals surface area contributed by atoms with Crippen molar-refractivity contribution in [2.75, 3.05) is 31.1 Å². The highest BCUT2D eigenvalue weighted by Gasteiger charge is 2.25. The molecule has 0 saturated heterocycles. The molecule has 1 aromatic heterocycles. The highest BCUT2D eigenvalue weighted by Crippen LogP contribution is 2.43. The maximum absolute atomic E-state index is 14.3. The van der Waals surface area contributed by atoms with E-state index in [1.54, 1.807) is 18.3 Å². The predicted octanol–water partition coefficient (Wildman–Crippen LogP) is 5.13. The van der Waals surface area contributed by atoms with Gasteiger partial charge in [0.1, 0.15) is 12.4 Å². The van der Waals surface area contributed by atoms with E-state index in [2.05, 4.69) is 10.3 Å². The van der Waals surface area contributed by atoms with Crippen molar-refractivity contribution in [1.29, 1.82) is 0 Å². The Morgan fingerprint density at radius 3 is 2.67 bits per heavy atom. The summed E-state index contributed by atoms with van der Waals surface area (Å²) in [4.78, 5) is 6.28. The first kappa shape index (κ1) is 20.0. The van der Waals surface area contributed by atoms with Crippen molar-refractivity contribution < 1.29 is 23.0 Å². The normalized spacial score (nSPS) is 12.4. The fourth-order valence-corrected chi connectivity index (χ4v) is 3.50. The van der Waals surface area contributed by atoms with Gasteiger partial charge in [0.05, 0.1) is 42.8 Å². The molecule has 2 aromatic carbocycles. The largest absolute Gasteiger partial charge is 0.496 e. The molecule has 0 amide bonds. The number of aromatic nitrogens is 1. The summed E-state index contributed by atoms with van der Waals surface area (Å²) in [6.45, 7) is 0.196. The summed E-state index contributed by atoms with van der Waals surface area (Å²) in [5.74, 6) is -0.439. The van der Waals surface area contributed by atoms with Gasteiger partial charge in [-0.15, -0.1) is 0 Å². The van der Waals surface area contributed by atoms with Gasteiger partial charge in [0, 0.05) is 18.3 Å². The van der Waals surface area contributed by atoms with E-state index in [1.807, 2.05) is 17.0 Å². The Morgan fingerprint density at radius 2 is 1.90 bits per heavy atom. The number of fused-ring (bicyclic) bond motifs is 1. The molecule has 9 heteroatoms. The van der Waals surface area contributed by atoms with Gasteiger partial charge in [-0.25, -0.2) is 13.8 Å². The summed E-state index contributed by atoms with van der Waals surface area (Å²) in [6.07, 6.45) is 1.69. The molecule has 0 unspecified atom stereocenters. The number of halogens is 3. The molecule has 4 rings (SSSR count). The molecule has 1 N–H and O–H groups in total. The summed E-state index contributed by atoms with van der Waals surface area (Å²) in [6, 6.07) is 9.38. The van der Waals surface area contributed by atoms with E-state index in [0.717, 1.165) is 11.8 Å². The van der Waals surface area contributed by atoms with Crippen LogP contribution in [-0.4, -0.2) is 25.9 Å². The molecular weight excluding hydrogens is 416 g/mol. The van der Waals surface area contributed by atoms with Crippen LogP contribution in [0.2, 0.25) is 5.02 Å². The highest BCUT2D eigenvalue weighted by molar-refractivity contribution is 6.33. The van der Waals surface area contributed by atoms with Gasteiger partial charge in [0.25, 0.3) is 0 Å². The first-order valence-electron chi connectivity index (χ1n) is 9.01. The van der Waals surface area contributed by atoms with Gasteiger partial charge in [-0.05, 0) is 24.3 Å². The maximum Gasteiger partial charge on any atom is 0.169 e. The van der Waals surface area contributed by atoms with Gasteiger partial charge in [0.15, 0.2) is 29.0 Å². The van der Waals surface area contributed by atoms with Crippen LogP contribution in [0, 0.1) is 11.6 Å². The molecule has 3 aromatic rings. The molecule has 30 heavy (non-hydrogen) atoms. The second-order valence-electron chi connectivity index (χ2n) is 6.42. The molecule has 0 bridgehead atoms. The summed E-state index contributed by atoms with van der Waals surface area (Å²) in [7, 11) is 2.85. The molecule has 156 valence electrons. The summed E-state index contributed by atoms with van der Waals surface area (Å²) in [5.41, 5.74) is 1.47. The molecule has 0 saturated carbocycles. The van der Waals surface area contributed by atoms with E-state index >= 15 is 0 Å². The minimum absolute atomic E-state index is 0.0362. The molecule has 0 aliphatic carbocycles. The van der Waals surface area contributed by atoms with Crippen LogP contribution in [0.25, 0.3) is 0 Å². The van der Waals surface area contributed by atoms with Crippen molar-refractivity contribution in [1.82, 2.24) is 4.98 Å². The number of nitrogens with zero attached hydrogens (tertiary/aromatic N) is 2. The third-order valence-corrected chi connectivity index (χ3v) is 5.04. The van der Waals surface area contributed by atoms with Crippen LogP contribution in [0.3, 0.4) is 0 Å². The average Bonchev–Trinajstić information content (AvgIpc) is 3.19. The first-order valence-corrected chi connectivity index (χ1v) is 9.39. The minimum atomic E-state index is -1.02. The fourth-order valence-electron chi connectivity index (χ4n) is 3.24. The number of pyridine rings is 1. The zero-order valence-electron chi connectivity index (χ0n) is 16.2. The number of hydrogen-bond acceptors (Lipinski definition) is 6. The van der Waals surface area contributed by atoms with Gasteiger partial charge >= 0.3 is 0 Å². The molecule has 0 spiro atoms. The van der Waals surface area contributed by atoms with Crippen molar-refractivity contribution in [2.24, 2.45) is 0 Å². The van der Waals surface area contributed by atoms with Crippen LogP contribution in [0.4, 0.5) is 26.0 Å². The number of rotatable bonds is 6. The van der Waals surface area contributed by atoms with Crippen molar-refractivity contribution in [2.45, 2.75) is 6.61 Å². The topological polar surface area (TPSA) is 55.9 Å². The van der Waals surface area contributed by atoms with E-state index in [9.17, 15) is 8.78 Å². The predicted molar refractivity (Wildman–Crippen MR) is 110 cm³/mol. The Balaban J connectivity index is 1.68. The van der Waals surface area contributed by atoms with Crippen LogP contribution in [0.15, 0.2) is 42.6 Å². The minimum Gasteiger partial charge on any atom is -0.496 e. The molecule has 6 nitrogen and oxygen atoms in total. The molecule has 0 radical (unpaired) electrons. The summed E-state index contributed by atoms with van der Waals surface area (Å²) < 4.78 is 44.2. The van der Waals surface area contributed by atoms with Gasteiger partial charge < -0.3 is 24.4 Å². The van der Waals surface area contributed by atoms with Gasteiger partial charge in [0.2, 0.25) is 0 Å². The Bertz CT molecular complexity index is 1100. The first-order chi connectivity index (χ1) is 14.5. The van der Waals surface area contributed by atoms with Crippen LogP contribution in [0.5, 0.6) is 17.2 Å². The Kier molecular flexibility index (Phi) is 5.50. The molecule has 2 heterocycles. The Morgan fingerprint density at radius 1 is 1.10 bits per heavy atom. The van der Waals surface area contributed by atoms with E-state index < -0.39 is 11.6 Å². The van der Waals surface area contributed by atoms with E-state index in [0.29, 0.717) is 34.7 Å². The third kappa shape index (κ3) is 3.54. The molecular formula is C21H18ClF2N3O3. The van der Waals surface area contributed by atoms with Crippen molar-refractivity contribution in [3.63, 3.8) is 0 Å². The van der Waals surface area contributed by atoms with Crippen LogP contribution in [0.1, 0.15) is 5.56 Å². The number of nitrogens with one attached hydrogen (secondary N) is 1. The molecule has 1 aliphatic rings.